The predicted molar refractivity (Wildman–Crippen MR) is 60.3 cm³/mol. The summed E-state index contributed by atoms with van der Waals surface area (Å²) in [4.78, 5) is 23.4. The zero-order valence-electron chi connectivity index (χ0n) is 10.4. The maximum Gasteiger partial charge on any atom is 0.315 e. The Bertz CT molecular complexity index is 541. The molecule has 3 aliphatic heterocycles. The lowest BCUT2D eigenvalue weighted by Crippen LogP contribution is -2.38. The maximum atomic E-state index is 11.9. The fourth-order valence-electron chi connectivity index (χ4n) is 3.07. The van der Waals surface area contributed by atoms with E-state index in [0.717, 1.165) is 0 Å². The molecule has 3 fully saturated rings. The van der Waals surface area contributed by atoms with Crippen LogP contribution in [0.2, 0.25) is 0 Å². The van der Waals surface area contributed by atoms with Crippen LogP contribution in [-0.4, -0.2) is 55.6 Å². The number of fused-ring (bicyclic) bond motifs is 1. The third kappa shape index (κ3) is 2.29. The molecule has 0 aromatic rings. The van der Waals surface area contributed by atoms with Crippen molar-refractivity contribution in [1.29, 1.82) is 0 Å². The quantitative estimate of drug-likeness (QED) is 0.353. The smallest absolute Gasteiger partial charge is 0.315 e. The molecule has 3 heterocycles. The van der Waals surface area contributed by atoms with Gasteiger partial charge in [-0.05, 0) is 12.8 Å². The van der Waals surface area contributed by atoms with Crippen LogP contribution in [0.3, 0.4) is 0 Å². The van der Waals surface area contributed by atoms with Gasteiger partial charge in [-0.25, -0.2) is 8.42 Å². The first-order valence-corrected chi connectivity index (χ1v) is 7.91. The summed E-state index contributed by atoms with van der Waals surface area (Å²) in [7, 11) is -4.30. The van der Waals surface area contributed by atoms with Gasteiger partial charge in [-0.1, -0.05) is 0 Å². The molecule has 5 unspecified atom stereocenters. The highest BCUT2D eigenvalue weighted by Crippen LogP contribution is 2.49. The standard InChI is InChI=1S/C11H14O8S/c12-10-5-4-6-7(9(19-10)8(5)18-6)11(13)17-2-1-3-20(14,15)16/h5-9H,1-4H2,(H,14,15,16)/p-1. The molecule has 0 spiro atoms. The summed E-state index contributed by atoms with van der Waals surface area (Å²) < 4.78 is 46.8. The van der Waals surface area contributed by atoms with E-state index in [0.29, 0.717) is 6.42 Å². The third-order valence-electron chi connectivity index (χ3n) is 3.90. The average molecular weight is 305 g/mol. The highest BCUT2D eigenvalue weighted by molar-refractivity contribution is 7.85. The SMILES string of the molecule is O=C1OC2C3OC(CC13)C2C(=O)OCCCS(=O)(=O)[O-]. The average Bonchev–Trinajstić information content (AvgIpc) is 2.94. The fourth-order valence-corrected chi connectivity index (χ4v) is 3.54. The Morgan fingerprint density at radius 1 is 1.40 bits per heavy atom. The van der Waals surface area contributed by atoms with Gasteiger partial charge in [-0.2, -0.15) is 0 Å². The van der Waals surface area contributed by atoms with Crippen molar-refractivity contribution in [2.24, 2.45) is 11.8 Å². The van der Waals surface area contributed by atoms with Crippen LogP contribution in [0.5, 0.6) is 0 Å². The zero-order chi connectivity index (χ0) is 14.5. The normalized spacial score (nSPS) is 38.0. The first kappa shape index (κ1) is 13.8. The Hall–Kier alpha value is -1.19. The molecular formula is C11H13O8S-. The summed E-state index contributed by atoms with van der Waals surface area (Å²) in [6.45, 7) is -0.154. The van der Waals surface area contributed by atoms with E-state index in [1.165, 1.54) is 0 Å². The van der Waals surface area contributed by atoms with Crippen LogP contribution in [0, 0.1) is 11.8 Å². The van der Waals surface area contributed by atoms with Gasteiger partial charge in [0.2, 0.25) is 0 Å². The molecule has 0 aromatic carbocycles. The summed E-state index contributed by atoms with van der Waals surface area (Å²) in [6, 6.07) is 0. The van der Waals surface area contributed by atoms with Gasteiger partial charge in [0, 0.05) is 5.75 Å². The van der Waals surface area contributed by atoms with Crippen LogP contribution in [-0.2, 0) is 33.9 Å². The van der Waals surface area contributed by atoms with Gasteiger partial charge in [0.15, 0.2) is 0 Å². The Balaban J connectivity index is 1.53. The molecule has 3 saturated heterocycles. The minimum Gasteiger partial charge on any atom is -0.748 e. The number of ether oxygens (including phenoxy) is 3. The van der Waals surface area contributed by atoms with E-state index in [-0.39, 0.29) is 37.1 Å². The van der Waals surface area contributed by atoms with Gasteiger partial charge >= 0.3 is 11.9 Å². The molecule has 8 nitrogen and oxygen atoms in total. The van der Waals surface area contributed by atoms with Crippen LogP contribution < -0.4 is 0 Å². The van der Waals surface area contributed by atoms with Gasteiger partial charge in [0.25, 0.3) is 0 Å². The lowest BCUT2D eigenvalue weighted by Gasteiger charge is -2.20. The zero-order valence-corrected chi connectivity index (χ0v) is 11.2. The Labute approximate surface area is 115 Å². The summed E-state index contributed by atoms with van der Waals surface area (Å²) in [6.07, 6.45) is -0.938. The van der Waals surface area contributed by atoms with Crippen LogP contribution in [0.4, 0.5) is 0 Å². The molecular weight excluding hydrogens is 292 g/mol. The summed E-state index contributed by atoms with van der Waals surface area (Å²) in [5.41, 5.74) is 0. The van der Waals surface area contributed by atoms with E-state index >= 15 is 0 Å². The first-order chi connectivity index (χ1) is 9.37. The van der Waals surface area contributed by atoms with Crippen LogP contribution in [0.15, 0.2) is 0 Å². The van der Waals surface area contributed by atoms with Crippen molar-refractivity contribution in [2.45, 2.75) is 31.2 Å². The van der Waals surface area contributed by atoms with Gasteiger partial charge in [-0.15, -0.1) is 0 Å². The number of hydrogen-bond donors (Lipinski definition) is 0. The number of hydrogen-bond acceptors (Lipinski definition) is 8. The number of carbonyl (C=O) groups is 2. The monoisotopic (exact) mass is 305 g/mol. The van der Waals surface area contributed by atoms with E-state index in [1.807, 2.05) is 0 Å². The van der Waals surface area contributed by atoms with E-state index < -0.39 is 33.9 Å². The Kier molecular flexibility index (Phi) is 3.22. The summed E-state index contributed by atoms with van der Waals surface area (Å²) >= 11 is 0. The van der Waals surface area contributed by atoms with Crippen molar-refractivity contribution in [3.8, 4) is 0 Å². The van der Waals surface area contributed by atoms with Crippen molar-refractivity contribution in [1.82, 2.24) is 0 Å². The predicted octanol–water partition coefficient (Wildman–Crippen LogP) is -1.21. The largest absolute Gasteiger partial charge is 0.748 e. The second-order valence-electron chi connectivity index (χ2n) is 5.19. The highest BCUT2D eigenvalue weighted by Gasteiger charge is 2.65. The van der Waals surface area contributed by atoms with Crippen molar-refractivity contribution >= 4 is 22.1 Å². The molecule has 9 heteroatoms. The third-order valence-corrected chi connectivity index (χ3v) is 4.69. The molecule has 2 bridgehead atoms. The van der Waals surface area contributed by atoms with Crippen molar-refractivity contribution in [3.63, 3.8) is 0 Å². The minimum atomic E-state index is -4.30. The van der Waals surface area contributed by atoms with Crippen molar-refractivity contribution < 1.29 is 36.8 Å². The van der Waals surface area contributed by atoms with Gasteiger partial charge in [0.05, 0.1) is 28.7 Å². The van der Waals surface area contributed by atoms with Crippen LogP contribution >= 0.6 is 0 Å². The van der Waals surface area contributed by atoms with Crippen LogP contribution in [0.25, 0.3) is 0 Å². The van der Waals surface area contributed by atoms with Gasteiger partial charge in [-0.3, -0.25) is 9.59 Å². The maximum absolute atomic E-state index is 11.9. The molecule has 5 atom stereocenters. The lowest BCUT2D eigenvalue weighted by molar-refractivity contribution is -0.155. The number of carbonyl (C=O) groups excluding carboxylic acids is 2. The molecule has 0 aromatic heterocycles. The second kappa shape index (κ2) is 4.68. The number of rotatable bonds is 5. The second-order valence-corrected chi connectivity index (χ2v) is 6.72. The van der Waals surface area contributed by atoms with Crippen LogP contribution in [0.1, 0.15) is 12.8 Å². The molecule has 20 heavy (non-hydrogen) atoms. The molecule has 0 aliphatic carbocycles. The van der Waals surface area contributed by atoms with Gasteiger partial charge in [0.1, 0.15) is 18.1 Å². The van der Waals surface area contributed by atoms with E-state index in [2.05, 4.69) is 0 Å². The molecule has 3 rings (SSSR count). The minimum absolute atomic E-state index is 0.0493. The van der Waals surface area contributed by atoms with Crippen molar-refractivity contribution in [2.75, 3.05) is 12.4 Å². The van der Waals surface area contributed by atoms with Crippen molar-refractivity contribution in [3.05, 3.63) is 0 Å². The van der Waals surface area contributed by atoms with E-state index in [9.17, 15) is 22.6 Å². The molecule has 0 N–H and O–H groups in total. The fraction of sp³-hybridized carbons (Fsp3) is 0.818. The van der Waals surface area contributed by atoms with E-state index in [1.54, 1.807) is 0 Å². The molecule has 0 amide bonds. The molecule has 0 saturated carbocycles. The molecule has 112 valence electrons. The first-order valence-electron chi connectivity index (χ1n) is 6.33. The van der Waals surface area contributed by atoms with Gasteiger partial charge < -0.3 is 18.8 Å². The highest BCUT2D eigenvalue weighted by atomic mass is 32.2. The lowest BCUT2D eigenvalue weighted by atomic mass is 9.82. The topological polar surface area (TPSA) is 119 Å². The number of esters is 2. The molecule has 0 radical (unpaired) electrons. The Morgan fingerprint density at radius 3 is 2.85 bits per heavy atom. The Morgan fingerprint density at radius 2 is 2.15 bits per heavy atom. The van der Waals surface area contributed by atoms with E-state index in [4.69, 9.17) is 14.2 Å². The summed E-state index contributed by atoms with van der Waals surface area (Å²) in [5.74, 6) is -2.41. The molecule has 3 aliphatic rings. The summed E-state index contributed by atoms with van der Waals surface area (Å²) in [5, 5.41) is 0.